The molecule has 0 fully saturated rings. The molecule has 5 aromatic rings. The van der Waals surface area contributed by atoms with Gasteiger partial charge in [-0.25, -0.2) is 0 Å². The minimum atomic E-state index is 0.0643. The molecule has 0 bridgehead atoms. The first-order chi connectivity index (χ1) is 25.4. The Balaban J connectivity index is 1.25. The lowest BCUT2D eigenvalue weighted by atomic mass is 9.63. The third-order valence-corrected chi connectivity index (χ3v) is 11.5. The fraction of sp³-hybridized carbons (Fsp3) is 0.320. The third kappa shape index (κ3) is 7.26. The molecule has 0 saturated carbocycles. The zero-order chi connectivity index (χ0) is 36.0. The van der Waals surface area contributed by atoms with Gasteiger partial charge in [-0.05, 0) is 107 Å². The second kappa shape index (κ2) is 15.8. The SMILES string of the molecule is CCCCCCC1(CCCCCC)C2=C(C=CC2(C)C)c2ccc(N(c3ccccc3)c3ccc(-c4ccc(Nc5ccccc5)cc4)cc3)cc21. The average Bonchev–Trinajstić information content (AvgIpc) is 3.65. The number of anilines is 5. The Kier molecular flexibility index (Phi) is 10.8. The fourth-order valence-electron chi connectivity index (χ4n) is 8.95. The van der Waals surface area contributed by atoms with Crippen molar-refractivity contribution in [3.63, 3.8) is 0 Å². The van der Waals surface area contributed by atoms with E-state index in [1.807, 2.05) is 6.07 Å². The van der Waals surface area contributed by atoms with Gasteiger partial charge >= 0.3 is 0 Å². The fourth-order valence-corrected chi connectivity index (χ4v) is 8.95. The monoisotopic (exact) mass is 684 g/mol. The summed E-state index contributed by atoms with van der Waals surface area (Å²) in [6, 6.07) is 46.5. The molecule has 0 aliphatic heterocycles. The summed E-state index contributed by atoms with van der Waals surface area (Å²) in [6.07, 6.45) is 17.8. The van der Waals surface area contributed by atoms with Crippen LogP contribution < -0.4 is 10.2 Å². The van der Waals surface area contributed by atoms with Crippen LogP contribution in [0, 0.1) is 5.41 Å². The number of nitrogens with one attached hydrogen (secondary N) is 1. The molecule has 1 N–H and O–H groups in total. The Morgan fingerprint density at radius 3 is 1.69 bits per heavy atom. The number of fused-ring (bicyclic) bond motifs is 2. The Morgan fingerprint density at radius 1 is 0.538 bits per heavy atom. The molecule has 0 radical (unpaired) electrons. The summed E-state index contributed by atoms with van der Waals surface area (Å²) >= 11 is 0. The smallest absolute Gasteiger partial charge is 0.0465 e. The summed E-state index contributed by atoms with van der Waals surface area (Å²) in [5, 5.41) is 3.50. The van der Waals surface area contributed by atoms with E-state index in [4.69, 9.17) is 0 Å². The van der Waals surface area contributed by atoms with Crippen LogP contribution in [0.5, 0.6) is 0 Å². The van der Waals surface area contributed by atoms with Crippen molar-refractivity contribution in [3.05, 3.63) is 156 Å². The van der Waals surface area contributed by atoms with Gasteiger partial charge in [-0.15, -0.1) is 0 Å². The number of hydrogen-bond acceptors (Lipinski definition) is 2. The molecule has 2 aliphatic rings. The number of para-hydroxylation sites is 2. The first-order valence-corrected chi connectivity index (χ1v) is 19.9. The highest BCUT2D eigenvalue weighted by Gasteiger charge is 2.50. The summed E-state index contributed by atoms with van der Waals surface area (Å²) in [4.78, 5) is 2.46. The highest BCUT2D eigenvalue weighted by Crippen LogP contribution is 2.62. The predicted octanol–water partition coefficient (Wildman–Crippen LogP) is 15.1. The van der Waals surface area contributed by atoms with E-state index in [2.05, 4.69) is 171 Å². The van der Waals surface area contributed by atoms with Crippen LogP contribution in [-0.2, 0) is 5.41 Å². The van der Waals surface area contributed by atoms with E-state index in [9.17, 15) is 0 Å². The maximum absolute atomic E-state index is 3.50. The lowest BCUT2D eigenvalue weighted by molar-refractivity contribution is 0.345. The van der Waals surface area contributed by atoms with E-state index in [-0.39, 0.29) is 10.8 Å². The molecule has 0 saturated heterocycles. The van der Waals surface area contributed by atoms with Gasteiger partial charge in [0.2, 0.25) is 0 Å². The van der Waals surface area contributed by atoms with Gasteiger partial charge in [0.15, 0.2) is 0 Å². The molecule has 0 atom stereocenters. The molecule has 0 amide bonds. The molecule has 0 aromatic heterocycles. The predicted molar refractivity (Wildman–Crippen MR) is 225 cm³/mol. The Morgan fingerprint density at radius 2 is 1.08 bits per heavy atom. The van der Waals surface area contributed by atoms with Crippen molar-refractivity contribution in [3.8, 4) is 11.1 Å². The van der Waals surface area contributed by atoms with E-state index >= 15 is 0 Å². The Hall–Kier alpha value is -4.82. The van der Waals surface area contributed by atoms with Crippen LogP contribution in [0.15, 0.2) is 145 Å². The van der Waals surface area contributed by atoms with Crippen molar-refractivity contribution in [2.24, 2.45) is 5.41 Å². The molecule has 7 rings (SSSR count). The molecular weight excluding hydrogens is 629 g/mol. The second-order valence-corrected chi connectivity index (χ2v) is 15.6. The molecule has 52 heavy (non-hydrogen) atoms. The van der Waals surface area contributed by atoms with Crippen LogP contribution in [0.4, 0.5) is 28.4 Å². The zero-order valence-corrected chi connectivity index (χ0v) is 31.8. The van der Waals surface area contributed by atoms with Crippen LogP contribution in [0.3, 0.4) is 0 Å². The molecule has 5 aromatic carbocycles. The van der Waals surface area contributed by atoms with Crippen LogP contribution in [0.2, 0.25) is 0 Å². The van der Waals surface area contributed by atoms with Crippen molar-refractivity contribution in [1.29, 1.82) is 0 Å². The first-order valence-electron chi connectivity index (χ1n) is 19.9. The number of rotatable bonds is 16. The Labute approximate surface area is 313 Å². The normalized spacial score (nSPS) is 15.1. The van der Waals surface area contributed by atoms with E-state index < -0.39 is 0 Å². The lowest BCUT2D eigenvalue weighted by Gasteiger charge is -2.40. The highest BCUT2D eigenvalue weighted by molar-refractivity contribution is 5.92. The standard InChI is InChI=1S/C50H56N2/c1-5-7-9-17-34-50(35-18-10-8-6-2)47-37-44(31-32-45(47)46-33-36-49(3,4)48(46)50)52(42-21-15-12-16-22-42)43-29-25-39(26-30-43)38-23-27-41(28-24-38)51-40-19-13-11-14-20-40/h11-16,19-33,36-37,51H,5-10,17-18,34-35H2,1-4H3. The van der Waals surface area contributed by atoms with Gasteiger partial charge in [0.25, 0.3) is 0 Å². The number of benzene rings is 5. The van der Waals surface area contributed by atoms with Gasteiger partial charge in [-0.1, -0.05) is 158 Å². The van der Waals surface area contributed by atoms with Gasteiger partial charge in [-0.3, -0.25) is 0 Å². The third-order valence-electron chi connectivity index (χ3n) is 11.5. The van der Waals surface area contributed by atoms with E-state index in [1.165, 1.54) is 104 Å². The minimum Gasteiger partial charge on any atom is -0.356 e. The molecule has 2 heteroatoms. The minimum absolute atomic E-state index is 0.0643. The summed E-state index contributed by atoms with van der Waals surface area (Å²) in [5.74, 6) is 0. The zero-order valence-electron chi connectivity index (χ0n) is 31.8. The molecule has 2 nitrogen and oxygen atoms in total. The summed E-state index contributed by atoms with van der Waals surface area (Å²) < 4.78 is 0. The highest BCUT2D eigenvalue weighted by atomic mass is 15.1. The van der Waals surface area contributed by atoms with Crippen LogP contribution >= 0.6 is 0 Å². The van der Waals surface area contributed by atoms with Gasteiger partial charge in [-0.2, -0.15) is 0 Å². The van der Waals surface area contributed by atoms with Crippen LogP contribution in [0.1, 0.15) is 103 Å². The number of unbranched alkanes of at least 4 members (excludes halogenated alkanes) is 6. The quantitative estimate of drug-likeness (QED) is 0.104. The average molecular weight is 685 g/mol. The van der Waals surface area contributed by atoms with Crippen molar-refractivity contribution >= 4 is 34.0 Å². The maximum Gasteiger partial charge on any atom is 0.0465 e. The molecule has 0 unspecified atom stereocenters. The molecular formula is C50H56N2. The van der Waals surface area contributed by atoms with E-state index in [0.29, 0.717) is 0 Å². The van der Waals surface area contributed by atoms with Gasteiger partial charge in [0.1, 0.15) is 0 Å². The maximum atomic E-state index is 3.50. The number of allylic oxidation sites excluding steroid dienone is 4. The molecule has 0 heterocycles. The van der Waals surface area contributed by atoms with Crippen LogP contribution in [-0.4, -0.2) is 0 Å². The second-order valence-electron chi connectivity index (χ2n) is 15.6. The molecule has 266 valence electrons. The largest absolute Gasteiger partial charge is 0.356 e. The van der Waals surface area contributed by atoms with Crippen LogP contribution in [0.25, 0.3) is 16.7 Å². The number of nitrogens with zero attached hydrogens (tertiary/aromatic N) is 1. The van der Waals surface area contributed by atoms with E-state index in [1.54, 1.807) is 11.1 Å². The number of hydrogen-bond donors (Lipinski definition) is 1. The molecule has 0 spiro atoms. The summed E-state index contributed by atoms with van der Waals surface area (Å²) in [7, 11) is 0. The summed E-state index contributed by atoms with van der Waals surface area (Å²) in [5.41, 5.74) is 14.5. The molecule has 2 aliphatic carbocycles. The van der Waals surface area contributed by atoms with Crippen molar-refractivity contribution in [2.45, 2.75) is 97.3 Å². The lowest BCUT2D eigenvalue weighted by Crippen LogP contribution is -2.33. The first kappa shape index (κ1) is 35.6. The van der Waals surface area contributed by atoms with Crippen molar-refractivity contribution in [1.82, 2.24) is 0 Å². The van der Waals surface area contributed by atoms with Gasteiger partial charge < -0.3 is 10.2 Å². The van der Waals surface area contributed by atoms with Crippen molar-refractivity contribution < 1.29 is 0 Å². The van der Waals surface area contributed by atoms with Crippen molar-refractivity contribution in [2.75, 3.05) is 10.2 Å². The van der Waals surface area contributed by atoms with Gasteiger partial charge in [0, 0.05) is 39.3 Å². The topological polar surface area (TPSA) is 15.3 Å². The summed E-state index contributed by atoms with van der Waals surface area (Å²) in [6.45, 7) is 9.56. The van der Waals surface area contributed by atoms with E-state index in [0.717, 1.165) is 11.4 Å². The van der Waals surface area contributed by atoms with Gasteiger partial charge in [0.05, 0.1) is 0 Å². The Bertz CT molecular complexity index is 1970.